The molecule has 2 aromatic rings. The molecule has 110 valence electrons. The van der Waals surface area contributed by atoms with E-state index in [0.717, 1.165) is 17.9 Å². The van der Waals surface area contributed by atoms with Gasteiger partial charge in [0.15, 0.2) is 0 Å². The third-order valence-corrected chi connectivity index (χ3v) is 4.10. The van der Waals surface area contributed by atoms with Gasteiger partial charge in [-0.3, -0.25) is 0 Å². The van der Waals surface area contributed by atoms with Crippen molar-refractivity contribution in [3.8, 4) is 5.75 Å². The molecule has 1 aliphatic heterocycles. The van der Waals surface area contributed by atoms with E-state index < -0.39 is 0 Å². The Bertz CT molecular complexity index is 646. The zero-order chi connectivity index (χ0) is 14.8. The van der Waals surface area contributed by atoms with Crippen LogP contribution in [0.25, 0.3) is 0 Å². The zero-order valence-corrected chi connectivity index (χ0v) is 12.5. The fourth-order valence-electron chi connectivity index (χ4n) is 2.91. The van der Waals surface area contributed by atoms with Crippen LogP contribution in [0.4, 0.5) is 4.39 Å². The molecular formula is C17H17ClFNO. The van der Waals surface area contributed by atoms with Gasteiger partial charge in [-0.25, -0.2) is 4.39 Å². The number of hydrogen-bond donors (Lipinski definition) is 1. The van der Waals surface area contributed by atoms with Gasteiger partial charge in [-0.2, -0.15) is 0 Å². The van der Waals surface area contributed by atoms with Crippen molar-refractivity contribution in [3.63, 3.8) is 0 Å². The van der Waals surface area contributed by atoms with Crippen LogP contribution in [0, 0.1) is 5.82 Å². The summed E-state index contributed by atoms with van der Waals surface area (Å²) in [5.74, 6) is 0.703. The summed E-state index contributed by atoms with van der Waals surface area (Å²) in [5.41, 5.74) is 1.75. The molecule has 1 heterocycles. The van der Waals surface area contributed by atoms with Crippen LogP contribution in [0.3, 0.4) is 0 Å². The molecule has 21 heavy (non-hydrogen) atoms. The number of rotatable bonds is 4. The first-order valence-electron chi connectivity index (χ1n) is 7.10. The van der Waals surface area contributed by atoms with E-state index in [1.807, 2.05) is 31.2 Å². The molecule has 4 heteroatoms. The van der Waals surface area contributed by atoms with Gasteiger partial charge in [-0.1, -0.05) is 42.8 Å². The molecule has 2 unspecified atom stereocenters. The van der Waals surface area contributed by atoms with Gasteiger partial charge in [0.1, 0.15) is 11.6 Å². The summed E-state index contributed by atoms with van der Waals surface area (Å²) < 4.78 is 20.0. The molecule has 0 aromatic heterocycles. The number of likely N-dealkylation sites (N-methyl/N-ethyl adjacent to an activating group) is 1. The van der Waals surface area contributed by atoms with Gasteiger partial charge in [-0.05, 0) is 24.7 Å². The fraction of sp³-hybridized carbons (Fsp3) is 0.294. The Morgan fingerprint density at radius 3 is 2.90 bits per heavy atom. The van der Waals surface area contributed by atoms with E-state index in [1.54, 1.807) is 12.1 Å². The first-order chi connectivity index (χ1) is 10.2. The molecule has 1 aliphatic rings. The highest BCUT2D eigenvalue weighted by atomic mass is 35.5. The Morgan fingerprint density at radius 2 is 2.14 bits per heavy atom. The van der Waals surface area contributed by atoms with Crippen molar-refractivity contribution in [1.29, 1.82) is 0 Å². The summed E-state index contributed by atoms with van der Waals surface area (Å²) >= 11 is 5.85. The lowest BCUT2D eigenvalue weighted by Gasteiger charge is -2.24. The van der Waals surface area contributed by atoms with Crippen molar-refractivity contribution < 1.29 is 9.13 Å². The Kier molecular flexibility index (Phi) is 4.13. The normalized spacial score (nSPS) is 18.1. The van der Waals surface area contributed by atoms with E-state index in [2.05, 4.69) is 5.32 Å². The summed E-state index contributed by atoms with van der Waals surface area (Å²) in [5, 5.41) is 3.79. The van der Waals surface area contributed by atoms with Gasteiger partial charge in [0.05, 0.1) is 6.61 Å². The van der Waals surface area contributed by atoms with Gasteiger partial charge in [-0.15, -0.1) is 0 Å². The third-order valence-electron chi connectivity index (χ3n) is 3.86. The highest BCUT2D eigenvalue weighted by molar-refractivity contribution is 6.30. The van der Waals surface area contributed by atoms with Gasteiger partial charge in [0, 0.05) is 28.1 Å². The number of fused-ring (bicyclic) bond motifs is 1. The van der Waals surface area contributed by atoms with Crippen molar-refractivity contribution >= 4 is 11.6 Å². The van der Waals surface area contributed by atoms with Gasteiger partial charge in [0.25, 0.3) is 0 Å². The second-order valence-corrected chi connectivity index (χ2v) is 5.59. The average molecular weight is 306 g/mol. The molecule has 0 bridgehead atoms. The van der Waals surface area contributed by atoms with Crippen LogP contribution in [-0.4, -0.2) is 13.2 Å². The first kappa shape index (κ1) is 14.4. The Morgan fingerprint density at radius 1 is 1.33 bits per heavy atom. The van der Waals surface area contributed by atoms with Crippen LogP contribution >= 0.6 is 11.6 Å². The van der Waals surface area contributed by atoms with E-state index >= 15 is 0 Å². The van der Waals surface area contributed by atoms with Crippen LogP contribution in [0.15, 0.2) is 42.5 Å². The van der Waals surface area contributed by atoms with E-state index in [9.17, 15) is 4.39 Å². The third kappa shape index (κ3) is 2.76. The van der Waals surface area contributed by atoms with E-state index in [4.69, 9.17) is 16.3 Å². The molecule has 1 N–H and O–H groups in total. The summed E-state index contributed by atoms with van der Waals surface area (Å²) in [6, 6.07) is 12.7. The topological polar surface area (TPSA) is 21.3 Å². The quantitative estimate of drug-likeness (QED) is 0.909. The molecule has 3 rings (SSSR count). The molecule has 0 aliphatic carbocycles. The van der Waals surface area contributed by atoms with Gasteiger partial charge < -0.3 is 10.1 Å². The van der Waals surface area contributed by atoms with E-state index in [1.165, 1.54) is 6.07 Å². The predicted molar refractivity (Wildman–Crippen MR) is 82.5 cm³/mol. The minimum atomic E-state index is -0.280. The molecule has 2 aromatic carbocycles. The maximum absolute atomic E-state index is 14.3. The van der Waals surface area contributed by atoms with Crippen LogP contribution in [-0.2, 0) is 0 Å². The lowest BCUT2D eigenvalue weighted by Crippen LogP contribution is -2.28. The van der Waals surface area contributed by atoms with Crippen LogP contribution in [0.5, 0.6) is 5.75 Å². The van der Waals surface area contributed by atoms with Crippen molar-refractivity contribution in [2.45, 2.75) is 18.9 Å². The molecule has 2 nitrogen and oxygen atoms in total. The number of halogens is 2. The summed E-state index contributed by atoms with van der Waals surface area (Å²) in [6.07, 6.45) is 0. The van der Waals surface area contributed by atoms with Gasteiger partial charge >= 0.3 is 0 Å². The predicted octanol–water partition coefficient (Wildman–Crippen LogP) is 4.31. The van der Waals surface area contributed by atoms with Crippen molar-refractivity contribution in [2.75, 3.05) is 13.2 Å². The summed E-state index contributed by atoms with van der Waals surface area (Å²) in [7, 11) is 0. The largest absolute Gasteiger partial charge is 0.493 e. The number of benzene rings is 2. The SMILES string of the molecule is CCNC(c1ccc(Cl)cc1F)C1COc2ccccc21. The average Bonchev–Trinajstić information content (AvgIpc) is 2.89. The lowest BCUT2D eigenvalue weighted by molar-refractivity contribution is 0.298. The lowest BCUT2D eigenvalue weighted by atomic mass is 9.88. The molecule has 0 spiro atoms. The monoisotopic (exact) mass is 305 g/mol. The van der Waals surface area contributed by atoms with Crippen LogP contribution in [0.2, 0.25) is 5.02 Å². The minimum absolute atomic E-state index is 0.0943. The van der Waals surface area contributed by atoms with Crippen molar-refractivity contribution in [3.05, 3.63) is 64.4 Å². The number of hydrogen-bond acceptors (Lipinski definition) is 2. The van der Waals surface area contributed by atoms with Crippen molar-refractivity contribution in [2.24, 2.45) is 0 Å². The summed E-state index contributed by atoms with van der Waals surface area (Å²) in [4.78, 5) is 0. The molecule has 0 fully saturated rings. The smallest absolute Gasteiger partial charge is 0.129 e. The Balaban J connectivity index is 1.99. The van der Waals surface area contributed by atoms with Crippen LogP contribution in [0.1, 0.15) is 30.0 Å². The van der Waals surface area contributed by atoms with Crippen molar-refractivity contribution in [1.82, 2.24) is 5.32 Å². The number of nitrogens with one attached hydrogen (secondary N) is 1. The fourth-order valence-corrected chi connectivity index (χ4v) is 3.06. The minimum Gasteiger partial charge on any atom is -0.493 e. The number of ether oxygens (including phenoxy) is 1. The second kappa shape index (κ2) is 6.04. The molecule has 0 radical (unpaired) electrons. The molecule has 0 saturated carbocycles. The maximum atomic E-state index is 14.3. The van der Waals surface area contributed by atoms with E-state index in [0.29, 0.717) is 17.2 Å². The first-order valence-corrected chi connectivity index (χ1v) is 7.48. The molecule has 2 atom stereocenters. The van der Waals surface area contributed by atoms with Gasteiger partial charge in [0.2, 0.25) is 0 Å². The summed E-state index contributed by atoms with van der Waals surface area (Å²) in [6.45, 7) is 3.33. The molecule has 0 saturated heterocycles. The van der Waals surface area contributed by atoms with E-state index in [-0.39, 0.29) is 17.8 Å². The zero-order valence-electron chi connectivity index (χ0n) is 11.8. The highest BCUT2D eigenvalue weighted by Crippen LogP contribution is 2.41. The molecule has 0 amide bonds. The molecular weight excluding hydrogens is 289 g/mol. The highest BCUT2D eigenvalue weighted by Gasteiger charge is 2.33. The number of para-hydroxylation sites is 1. The van der Waals surface area contributed by atoms with Crippen LogP contribution < -0.4 is 10.1 Å². The Hall–Kier alpha value is -1.58. The standard InChI is InChI=1S/C17H17ClFNO/c1-2-20-17(13-8-7-11(18)9-15(13)19)14-10-21-16-6-4-3-5-12(14)16/h3-9,14,17,20H,2,10H2,1H3. The Labute approximate surface area is 128 Å². The second-order valence-electron chi connectivity index (χ2n) is 5.16. The maximum Gasteiger partial charge on any atom is 0.129 e.